The molecule has 0 bridgehead atoms. The molecular weight excluding hydrogens is 403 g/mol. The lowest BCUT2D eigenvalue weighted by molar-refractivity contribution is -0.106. The molecule has 3 unspecified atom stereocenters. The molecule has 5 nitrogen and oxygen atoms in total. The smallest absolute Gasteiger partial charge is 0.191 e. The first-order chi connectivity index (χ1) is 10.6. The minimum atomic E-state index is 0. The quantitative estimate of drug-likeness (QED) is 0.438. The second kappa shape index (κ2) is 7.79. The molecule has 128 valence electrons. The number of nitrogens with one attached hydrogen (secondary N) is 2. The number of halogens is 1. The summed E-state index contributed by atoms with van der Waals surface area (Å²) in [6.07, 6.45) is 3.34. The number of nitrogens with zero attached hydrogens (tertiary/aromatic N) is 2. The van der Waals surface area contributed by atoms with E-state index in [-0.39, 0.29) is 29.4 Å². The molecule has 1 aliphatic heterocycles. The minimum absolute atomic E-state index is 0. The maximum atomic E-state index is 5.86. The van der Waals surface area contributed by atoms with E-state index in [0.29, 0.717) is 24.6 Å². The molecular formula is C17H27IN4O. The molecule has 0 aromatic carbocycles. The van der Waals surface area contributed by atoms with Crippen LogP contribution in [-0.4, -0.2) is 36.2 Å². The van der Waals surface area contributed by atoms with Gasteiger partial charge in [-0.2, -0.15) is 0 Å². The monoisotopic (exact) mass is 430 g/mol. The van der Waals surface area contributed by atoms with Crippen LogP contribution in [0.2, 0.25) is 0 Å². The van der Waals surface area contributed by atoms with Crippen LogP contribution in [0.1, 0.15) is 32.9 Å². The summed E-state index contributed by atoms with van der Waals surface area (Å²) < 4.78 is 5.86. The first-order valence-electron chi connectivity index (χ1n) is 8.19. The Balaban J connectivity index is 0.00000192. The van der Waals surface area contributed by atoms with Crippen LogP contribution in [0.4, 0.5) is 0 Å². The highest BCUT2D eigenvalue weighted by Gasteiger charge is 2.59. The van der Waals surface area contributed by atoms with Gasteiger partial charge in [0.15, 0.2) is 5.96 Å². The van der Waals surface area contributed by atoms with E-state index in [1.54, 1.807) is 6.20 Å². The average Bonchev–Trinajstić information content (AvgIpc) is 2.98. The Morgan fingerprint density at radius 1 is 1.43 bits per heavy atom. The molecule has 3 rings (SSSR count). The highest BCUT2D eigenvalue weighted by molar-refractivity contribution is 14.0. The lowest BCUT2D eigenvalue weighted by atomic mass is 9.57. The van der Waals surface area contributed by atoms with E-state index in [2.05, 4.69) is 41.4 Å². The maximum Gasteiger partial charge on any atom is 0.191 e. The molecule has 0 spiro atoms. The standard InChI is InChI=1S/C17H26N4O.HI/c1-4-18-16(20-11-12-7-5-6-9-19-12)21-14-13-8-10-22-15(13)17(14,2)3;/h5-7,9,13-15H,4,8,10-11H2,1-3H3,(H2,18,20,21);1H. The van der Waals surface area contributed by atoms with Crippen LogP contribution in [0.3, 0.4) is 0 Å². The zero-order valence-corrected chi connectivity index (χ0v) is 16.4. The van der Waals surface area contributed by atoms with Gasteiger partial charge in [0.05, 0.1) is 18.3 Å². The minimum Gasteiger partial charge on any atom is -0.377 e. The summed E-state index contributed by atoms with van der Waals surface area (Å²) in [6.45, 7) is 8.97. The largest absolute Gasteiger partial charge is 0.377 e. The SMILES string of the molecule is CCNC(=NCc1ccccn1)NC1C2CCOC2C1(C)C.I. The number of aromatic nitrogens is 1. The number of pyridine rings is 1. The van der Waals surface area contributed by atoms with Crippen LogP contribution in [0.5, 0.6) is 0 Å². The Morgan fingerprint density at radius 3 is 2.96 bits per heavy atom. The summed E-state index contributed by atoms with van der Waals surface area (Å²) in [6, 6.07) is 6.34. The molecule has 1 aliphatic carbocycles. The van der Waals surface area contributed by atoms with E-state index in [4.69, 9.17) is 4.74 Å². The topological polar surface area (TPSA) is 58.5 Å². The van der Waals surface area contributed by atoms with Gasteiger partial charge >= 0.3 is 0 Å². The lowest BCUT2D eigenvalue weighted by Gasteiger charge is -2.54. The lowest BCUT2D eigenvalue weighted by Crippen LogP contribution is -2.67. The van der Waals surface area contributed by atoms with Gasteiger partial charge < -0.3 is 15.4 Å². The van der Waals surface area contributed by atoms with Crippen molar-refractivity contribution in [3.05, 3.63) is 30.1 Å². The van der Waals surface area contributed by atoms with Crippen LogP contribution >= 0.6 is 24.0 Å². The number of guanidine groups is 1. The van der Waals surface area contributed by atoms with Crippen LogP contribution in [0.15, 0.2) is 29.4 Å². The fourth-order valence-corrected chi connectivity index (χ4v) is 3.74. The Hall–Kier alpha value is -0.890. The molecule has 0 amide bonds. The van der Waals surface area contributed by atoms with Gasteiger partial charge in [-0.1, -0.05) is 19.9 Å². The zero-order chi connectivity index (χ0) is 15.6. The predicted octanol–water partition coefficient (Wildman–Crippen LogP) is 2.57. The van der Waals surface area contributed by atoms with E-state index >= 15 is 0 Å². The molecule has 6 heteroatoms. The van der Waals surface area contributed by atoms with Crippen molar-refractivity contribution in [3.63, 3.8) is 0 Å². The number of rotatable bonds is 4. The second-order valence-electron chi connectivity index (χ2n) is 6.70. The first-order valence-corrected chi connectivity index (χ1v) is 8.19. The molecule has 23 heavy (non-hydrogen) atoms. The van der Waals surface area contributed by atoms with Gasteiger partial charge in [-0.15, -0.1) is 24.0 Å². The molecule has 1 saturated heterocycles. The normalized spacial score (nSPS) is 28.3. The predicted molar refractivity (Wildman–Crippen MR) is 103 cm³/mol. The fraction of sp³-hybridized carbons (Fsp3) is 0.647. The number of hydrogen-bond donors (Lipinski definition) is 2. The molecule has 2 heterocycles. The van der Waals surface area contributed by atoms with E-state index in [1.165, 1.54) is 0 Å². The van der Waals surface area contributed by atoms with Crippen molar-refractivity contribution in [2.45, 2.75) is 45.9 Å². The summed E-state index contributed by atoms with van der Waals surface area (Å²) in [5.74, 6) is 1.48. The van der Waals surface area contributed by atoms with Crippen LogP contribution in [-0.2, 0) is 11.3 Å². The van der Waals surface area contributed by atoms with Crippen LogP contribution < -0.4 is 10.6 Å². The highest BCUT2D eigenvalue weighted by Crippen LogP contribution is 2.52. The van der Waals surface area contributed by atoms with E-state index in [1.807, 2.05) is 18.2 Å². The molecule has 1 saturated carbocycles. The number of ether oxygens (including phenoxy) is 1. The Labute approximate surface area is 155 Å². The Bertz CT molecular complexity index is 535. The van der Waals surface area contributed by atoms with Crippen molar-refractivity contribution >= 4 is 29.9 Å². The number of aliphatic imine (C=N–C) groups is 1. The van der Waals surface area contributed by atoms with Crippen molar-refractivity contribution < 1.29 is 4.74 Å². The summed E-state index contributed by atoms with van der Waals surface area (Å²) >= 11 is 0. The zero-order valence-electron chi connectivity index (χ0n) is 14.1. The van der Waals surface area contributed by atoms with Gasteiger partial charge in [0.25, 0.3) is 0 Å². The molecule has 3 atom stereocenters. The van der Waals surface area contributed by atoms with Gasteiger partial charge in [-0.05, 0) is 25.5 Å². The second-order valence-corrected chi connectivity index (χ2v) is 6.70. The summed E-state index contributed by atoms with van der Waals surface area (Å²) in [4.78, 5) is 9.00. The highest BCUT2D eigenvalue weighted by atomic mass is 127. The molecule has 2 N–H and O–H groups in total. The van der Waals surface area contributed by atoms with Crippen molar-refractivity contribution in [1.82, 2.24) is 15.6 Å². The van der Waals surface area contributed by atoms with Crippen LogP contribution in [0.25, 0.3) is 0 Å². The molecule has 0 radical (unpaired) electrons. The van der Waals surface area contributed by atoms with Gasteiger partial charge in [0.2, 0.25) is 0 Å². The van der Waals surface area contributed by atoms with Crippen LogP contribution in [0, 0.1) is 11.3 Å². The van der Waals surface area contributed by atoms with Gasteiger partial charge in [0.1, 0.15) is 0 Å². The van der Waals surface area contributed by atoms with E-state index in [0.717, 1.165) is 31.2 Å². The van der Waals surface area contributed by atoms with Crippen molar-refractivity contribution in [2.24, 2.45) is 16.3 Å². The van der Waals surface area contributed by atoms with E-state index in [9.17, 15) is 0 Å². The van der Waals surface area contributed by atoms with Gasteiger partial charge in [0, 0.05) is 36.7 Å². The molecule has 1 aromatic rings. The fourth-order valence-electron chi connectivity index (χ4n) is 3.74. The third-order valence-electron chi connectivity index (χ3n) is 4.86. The number of hydrogen-bond acceptors (Lipinski definition) is 3. The van der Waals surface area contributed by atoms with Gasteiger partial charge in [-0.25, -0.2) is 4.99 Å². The summed E-state index contributed by atoms with van der Waals surface area (Å²) in [5.41, 5.74) is 1.14. The first kappa shape index (κ1) is 18.4. The summed E-state index contributed by atoms with van der Waals surface area (Å²) in [7, 11) is 0. The Kier molecular flexibility index (Phi) is 6.25. The summed E-state index contributed by atoms with van der Waals surface area (Å²) in [5, 5.41) is 6.96. The molecule has 1 aromatic heterocycles. The van der Waals surface area contributed by atoms with Gasteiger partial charge in [-0.3, -0.25) is 4.98 Å². The van der Waals surface area contributed by atoms with E-state index < -0.39 is 0 Å². The van der Waals surface area contributed by atoms with Crippen molar-refractivity contribution in [3.8, 4) is 0 Å². The third-order valence-corrected chi connectivity index (χ3v) is 4.86. The number of fused-ring (bicyclic) bond motifs is 1. The molecule has 2 aliphatic rings. The average molecular weight is 430 g/mol. The maximum absolute atomic E-state index is 5.86. The van der Waals surface area contributed by atoms with Crippen molar-refractivity contribution in [2.75, 3.05) is 13.2 Å². The molecule has 2 fully saturated rings. The third kappa shape index (κ3) is 3.79. The Morgan fingerprint density at radius 2 is 2.26 bits per heavy atom. The van der Waals surface area contributed by atoms with Crippen molar-refractivity contribution in [1.29, 1.82) is 0 Å².